The van der Waals surface area contributed by atoms with Gasteiger partial charge in [0, 0.05) is 40.7 Å². The van der Waals surface area contributed by atoms with Crippen LogP contribution < -0.4 is 10.1 Å². The van der Waals surface area contributed by atoms with E-state index in [1.807, 2.05) is 0 Å². The number of hydrogen-bond donors (Lipinski definition) is 9. The number of nitrogens with one attached hydrogen (secondary N) is 1. The van der Waals surface area contributed by atoms with Gasteiger partial charge in [0.1, 0.15) is 94.0 Å². The highest BCUT2D eigenvalue weighted by molar-refractivity contribution is 8.00. The number of carbonyl (C=O) groups is 3. The number of carboxylic acids is 1. The van der Waals surface area contributed by atoms with E-state index in [2.05, 4.69) is 25.9 Å². The first-order chi connectivity index (χ1) is 32.2. The van der Waals surface area contributed by atoms with Crippen LogP contribution in [0.5, 0.6) is 11.5 Å². The van der Waals surface area contributed by atoms with Crippen LogP contribution in [0.25, 0.3) is 11.3 Å². The summed E-state index contributed by atoms with van der Waals surface area (Å²) in [5.74, 6) is -3.65. The molecule has 2 saturated heterocycles. The number of carbonyl (C=O) groups excluding carboxylic acids is 2. The van der Waals surface area contributed by atoms with Gasteiger partial charge in [0.2, 0.25) is 0 Å². The lowest BCUT2D eigenvalue weighted by Crippen LogP contribution is -2.58. The van der Waals surface area contributed by atoms with E-state index >= 15 is 0 Å². The van der Waals surface area contributed by atoms with Gasteiger partial charge in [-0.2, -0.15) is 0 Å². The molecule has 1 aliphatic carbocycles. The van der Waals surface area contributed by atoms with Crippen molar-refractivity contribution in [2.24, 2.45) is 5.92 Å². The molecule has 4 aliphatic rings. The molecule has 2 fully saturated rings. The Morgan fingerprint density at radius 3 is 2.16 bits per heavy atom. The van der Waals surface area contributed by atoms with Crippen molar-refractivity contribution in [3.05, 3.63) is 131 Å². The van der Waals surface area contributed by atoms with Gasteiger partial charge in [-0.15, -0.1) is 10.2 Å². The molecule has 3 aliphatic heterocycles. The number of halogens is 1. The van der Waals surface area contributed by atoms with E-state index in [1.165, 1.54) is 73.1 Å². The van der Waals surface area contributed by atoms with E-state index in [9.17, 15) is 59.6 Å². The first-order valence-electron chi connectivity index (χ1n) is 20.8. The lowest BCUT2D eigenvalue weighted by molar-refractivity contribution is -0.189. The zero-order valence-electron chi connectivity index (χ0n) is 34.7. The maximum Gasteiger partial charge on any atom is 0.336 e. The van der Waals surface area contributed by atoms with Crippen molar-refractivity contribution in [3.8, 4) is 22.8 Å². The van der Waals surface area contributed by atoms with Gasteiger partial charge in [-0.3, -0.25) is 9.59 Å². The highest BCUT2D eigenvalue weighted by atomic mass is 32.2. The Bertz CT molecular complexity index is 2770. The molecule has 9 N–H and O–H groups in total. The molecule has 5 aromatic rings. The molecular weight excluding hydrogens is 902 g/mol. The SMILES string of the molecule is O=C1C=CC2C(=C1)Oc1cc(O)ccc1C2c1ccc(C(=O)NCc2cn(C3C(O)[C@@H](CO)OC(S[C@@H]4OC(CO)[C@H](O)C(n5cc(-c6cccc(F)c6)nn5)[C@@H]4O)[C@@H]3O)nn2)cc1C(=O)O. The average molecular weight is 944 g/mol. The Labute approximate surface area is 382 Å². The van der Waals surface area contributed by atoms with Gasteiger partial charge in [0.15, 0.2) is 5.78 Å². The van der Waals surface area contributed by atoms with Crippen LogP contribution in [0.3, 0.4) is 0 Å². The van der Waals surface area contributed by atoms with E-state index in [4.69, 9.17) is 14.2 Å². The van der Waals surface area contributed by atoms with E-state index in [0.29, 0.717) is 16.7 Å². The molecule has 21 nitrogen and oxygen atoms in total. The third-order valence-electron chi connectivity index (χ3n) is 12.1. The fraction of sp³-hybridized carbons (Fsp3) is 0.341. The number of aliphatic hydroxyl groups is 6. The topological polar surface area (TPSA) is 314 Å². The number of thioether (sulfide) groups is 1. The molecular formula is C44H42FN7O14S. The minimum absolute atomic E-state index is 0.0150. The number of aromatic carboxylic acids is 1. The Balaban J connectivity index is 0.901. The van der Waals surface area contributed by atoms with Gasteiger partial charge in [-0.05, 0) is 42.0 Å². The summed E-state index contributed by atoms with van der Waals surface area (Å²) in [6.07, 6.45) is -1.83. The largest absolute Gasteiger partial charge is 0.508 e. The number of carboxylic acid groups (broad SMARTS) is 1. The fourth-order valence-electron chi connectivity index (χ4n) is 8.79. The van der Waals surface area contributed by atoms with Crippen LogP contribution in [0, 0.1) is 11.7 Å². The Morgan fingerprint density at radius 1 is 0.821 bits per heavy atom. The molecule has 3 aromatic carbocycles. The van der Waals surface area contributed by atoms with Crippen molar-refractivity contribution in [2.75, 3.05) is 13.2 Å². The second-order valence-corrected chi connectivity index (χ2v) is 17.4. The predicted octanol–water partition coefficient (Wildman–Crippen LogP) is 0.566. The molecule has 1 amide bonds. The molecule has 5 heterocycles. The van der Waals surface area contributed by atoms with Gasteiger partial charge in [0.25, 0.3) is 5.91 Å². The number of hydrogen-bond acceptors (Lipinski definition) is 18. The van der Waals surface area contributed by atoms with Crippen LogP contribution in [-0.4, -0.2) is 149 Å². The second kappa shape index (κ2) is 18.7. The Hall–Kier alpha value is -6.41. The van der Waals surface area contributed by atoms with Gasteiger partial charge >= 0.3 is 5.97 Å². The number of aromatic hydroxyl groups is 1. The number of ether oxygens (including phenoxy) is 3. The summed E-state index contributed by atoms with van der Waals surface area (Å²) in [6.45, 7) is -1.65. The minimum Gasteiger partial charge on any atom is -0.508 e. The van der Waals surface area contributed by atoms with Gasteiger partial charge < -0.3 is 60.4 Å². The number of phenolic OH excluding ortho intramolecular Hbond substituents is 1. The zero-order valence-corrected chi connectivity index (χ0v) is 35.5. The number of allylic oxidation sites excluding steroid dienone is 3. The highest BCUT2D eigenvalue weighted by Crippen LogP contribution is 2.49. The maximum absolute atomic E-state index is 13.9. The summed E-state index contributed by atoms with van der Waals surface area (Å²) < 4.78 is 33.9. The van der Waals surface area contributed by atoms with Gasteiger partial charge in [-0.25, -0.2) is 18.5 Å². The van der Waals surface area contributed by atoms with Gasteiger partial charge in [-0.1, -0.05) is 52.5 Å². The van der Waals surface area contributed by atoms with Gasteiger partial charge in [0.05, 0.1) is 37.7 Å². The summed E-state index contributed by atoms with van der Waals surface area (Å²) in [4.78, 5) is 38.5. The first-order valence-corrected chi connectivity index (χ1v) is 21.8. The van der Waals surface area contributed by atoms with Crippen LogP contribution in [0.2, 0.25) is 0 Å². The number of aliphatic hydroxyl groups excluding tert-OH is 6. The molecule has 67 heavy (non-hydrogen) atoms. The molecule has 0 radical (unpaired) electrons. The number of ketones is 1. The molecule has 0 spiro atoms. The third kappa shape index (κ3) is 8.83. The molecule has 23 heteroatoms. The summed E-state index contributed by atoms with van der Waals surface area (Å²) in [5.41, 5.74) is -1.22. The molecule has 7 unspecified atom stereocenters. The smallest absolute Gasteiger partial charge is 0.336 e. The highest BCUT2D eigenvalue weighted by Gasteiger charge is 2.52. The predicted molar refractivity (Wildman–Crippen MR) is 227 cm³/mol. The first kappa shape index (κ1) is 45.7. The quantitative estimate of drug-likeness (QED) is 0.0826. The minimum atomic E-state index is -1.62. The number of rotatable bonds is 12. The summed E-state index contributed by atoms with van der Waals surface area (Å²) >= 11 is 0.740. The lowest BCUT2D eigenvalue weighted by Gasteiger charge is -2.46. The molecule has 12 atom stereocenters. The molecule has 350 valence electrons. The normalized spacial score (nSPS) is 29.1. The number of amides is 1. The van der Waals surface area contributed by atoms with E-state index in [-0.39, 0.29) is 52.1 Å². The third-order valence-corrected chi connectivity index (χ3v) is 13.4. The van der Waals surface area contributed by atoms with Crippen LogP contribution in [0.15, 0.2) is 97.0 Å². The van der Waals surface area contributed by atoms with Crippen LogP contribution in [0.1, 0.15) is 55.5 Å². The Kier molecular flexibility index (Phi) is 12.8. The standard InChI is InChI=1S/C44H42FN7O14S/c45-21-3-1-2-19(10-21)29-16-52(50-48-29)36-38(58)33(18-54)66-44(40(36)60)67-43-39(59)35(37(57)32(17-53)65-43)51-15-22(47-49-51)14-46-41(61)20-4-7-25(28(11-20)42(62)63)34-26-8-5-23(55)12-30(26)64-31-13-24(56)6-9-27(31)34/h1-13,15-16,26,32-40,43-44,53-54,56-60H,14,17-18H2,(H,46,61)(H,62,63)/t26?,32-,33?,34?,35?,36?,37?,38+,39-,40+,43?,44+/m1/s1. The Morgan fingerprint density at radius 2 is 1.49 bits per heavy atom. The number of phenols is 1. The van der Waals surface area contributed by atoms with Crippen molar-refractivity contribution in [2.45, 2.75) is 72.0 Å². The zero-order chi connectivity index (χ0) is 47.3. The van der Waals surface area contributed by atoms with E-state index in [0.717, 1.165) is 21.1 Å². The molecule has 2 aromatic heterocycles. The fourth-order valence-corrected chi connectivity index (χ4v) is 10.1. The molecule has 0 saturated carbocycles. The number of nitrogens with zero attached hydrogens (tertiary/aromatic N) is 6. The summed E-state index contributed by atoms with van der Waals surface area (Å²) in [7, 11) is 0. The van der Waals surface area contributed by atoms with Crippen molar-refractivity contribution in [1.29, 1.82) is 0 Å². The van der Waals surface area contributed by atoms with Crippen LogP contribution in [-0.2, 0) is 20.8 Å². The van der Waals surface area contributed by atoms with Crippen LogP contribution >= 0.6 is 11.8 Å². The number of benzene rings is 3. The van der Waals surface area contributed by atoms with E-state index in [1.54, 1.807) is 18.2 Å². The summed E-state index contributed by atoms with van der Waals surface area (Å²) in [6, 6.07) is 11.6. The molecule has 0 bridgehead atoms. The van der Waals surface area contributed by atoms with Crippen molar-refractivity contribution in [1.82, 2.24) is 35.3 Å². The average Bonchev–Trinajstić information content (AvgIpc) is 4.00. The summed E-state index contributed by atoms with van der Waals surface area (Å²) in [5, 5.41) is 105. The lowest BCUT2D eigenvalue weighted by atomic mass is 9.74. The second-order valence-electron chi connectivity index (χ2n) is 16.2. The number of fused-ring (bicyclic) bond motifs is 2. The molecule has 9 rings (SSSR count). The van der Waals surface area contributed by atoms with Crippen LogP contribution in [0.4, 0.5) is 4.39 Å². The van der Waals surface area contributed by atoms with E-state index < -0.39 is 102 Å². The monoisotopic (exact) mass is 943 g/mol. The van der Waals surface area contributed by atoms with Crippen molar-refractivity contribution < 1.29 is 73.8 Å². The maximum atomic E-state index is 13.9. The van der Waals surface area contributed by atoms with Crippen molar-refractivity contribution >= 4 is 29.4 Å². The number of aromatic nitrogens is 6. The van der Waals surface area contributed by atoms with Crippen molar-refractivity contribution in [3.63, 3.8) is 0 Å².